The van der Waals surface area contributed by atoms with Crippen LogP contribution in [0.4, 0.5) is 10.5 Å². The smallest absolute Gasteiger partial charge is 0.319 e. The Hall–Kier alpha value is -2.40. The lowest BCUT2D eigenvalue weighted by atomic mass is 10.2. The molecular weight excluding hydrogens is 328 g/mol. The maximum atomic E-state index is 11.9. The van der Waals surface area contributed by atoms with Gasteiger partial charge in [0.25, 0.3) is 0 Å². The summed E-state index contributed by atoms with van der Waals surface area (Å²) >= 11 is 5.80. The molecule has 0 aliphatic rings. The standard InChI is InChI=1S/C18H21ClN2O3/c1-3-23-16-8-9-17(13(2)12-16)21-18(22)20-10-11-24-15-6-4-14(19)5-7-15/h4-9,12H,3,10-11H2,1-2H3,(H2,20,21,22). The van der Waals surface area contributed by atoms with Gasteiger partial charge in [0.15, 0.2) is 0 Å². The number of rotatable bonds is 7. The van der Waals surface area contributed by atoms with Gasteiger partial charge in [-0.25, -0.2) is 4.79 Å². The van der Waals surface area contributed by atoms with Crippen LogP contribution in [0, 0.1) is 6.92 Å². The molecule has 0 atom stereocenters. The topological polar surface area (TPSA) is 59.6 Å². The van der Waals surface area contributed by atoms with Gasteiger partial charge in [-0.1, -0.05) is 11.6 Å². The second-order valence-electron chi connectivity index (χ2n) is 5.09. The Balaban J connectivity index is 1.74. The normalized spacial score (nSPS) is 10.1. The summed E-state index contributed by atoms with van der Waals surface area (Å²) in [7, 11) is 0. The number of amides is 2. The highest BCUT2D eigenvalue weighted by molar-refractivity contribution is 6.30. The van der Waals surface area contributed by atoms with Crippen molar-refractivity contribution in [3.63, 3.8) is 0 Å². The van der Waals surface area contributed by atoms with Crippen molar-refractivity contribution >= 4 is 23.3 Å². The SMILES string of the molecule is CCOc1ccc(NC(=O)NCCOc2ccc(Cl)cc2)c(C)c1. The molecule has 2 N–H and O–H groups in total. The zero-order chi connectivity index (χ0) is 17.4. The molecule has 0 radical (unpaired) electrons. The number of hydrogen-bond acceptors (Lipinski definition) is 3. The van der Waals surface area contributed by atoms with Crippen molar-refractivity contribution in [2.75, 3.05) is 25.1 Å². The van der Waals surface area contributed by atoms with Crippen molar-refractivity contribution in [1.29, 1.82) is 0 Å². The van der Waals surface area contributed by atoms with Gasteiger partial charge in [0.1, 0.15) is 18.1 Å². The monoisotopic (exact) mass is 348 g/mol. The van der Waals surface area contributed by atoms with Gasteiger partial charge in [-0.15, -0.1) is 0 Å². The van der Waals surface area contributed by atoms with E-state index in [0.717, 1.165) is 17.0 Å². The Bertz CT molecular complexity index is 674. The molecule has 0 aliphatic heterocycles. The molecule has 0 unspecified atom stereocenters. The minimum atomic E-state index is -0.276. The molecule has 0 saturated carbocycles. The highest BCUT2D eigenvalue weighted by Gasteiger charge is 2.05. The first-order valence-corrected chi connectivity index (χ1v) is 8.13. The van der Waals surface area contributed by atoms with Gasteiger partial charge in [-0.3, -0.25) is 0 Å². The van der Waals surface area contributed by atoms with Crippen molar-refractivity contribution in [2.45, 2.75) is 13.8 Å². The molecule has 0 heterocycles. The number of anilines is 1. The summed E-state index contributed by atoms with van der Waals surface area (Å²) in [4.78, 5) is 11.9. The Kier molecular flexibility index (Phi) is 6.75. The van der Waals surface area contributed by atoms with Crippen LogP contribution >= 0.6 is 11.6 Å². The van der Waals surface area contributed by atoms with Gasteiger partial charge in [0.2, 0.25) is 0 Å². The molecule has 2 rings (SSSR count). The number of hydrogen-bond donors (Lipinski definition) is 2. The quantitative estimate of drug-likeness (QED) is 0.735. The second kappa shape index (κ2) is 9.03. The van der Waals surface area contributed by atoms with Gasteiger partial charge in [0, 0.05) is 10.7 Å². The fourth-order valence-electron chi connectivity index (χ4n) is 2.06. The van der Waals surface area contributed by atoms with E-state index in [-0.39, 0.29) is 6.03 Å². The maximum absolute atomic E-state index is 11.9. The Morgan fingerprint density at radius 1 is 1.08 bits per heavy atom. The first kappa shape index (κ1) is 17.9. The summed E-state index contributed by atoms with van der Waals surface area (Å²) < 4.78 is 10.9. The highest BCUT2D eigenvalue weighted by atomic mass is 35.5. The number of carbonyl (C=O) groups is 1. The Labute approximate surface area is 146 Å². The molecule has 2 aromatic carbocycles. The number of urea groups is 1. The summed E-state index contributed by atoms with van der Waals surface area (Å²) in [6.07, 6.45) is 0. The van der Waals surface area contributed by atoms with Crippen LogP contribution in [-0.2, 0) is 0 Å². The molecule has 0 aromatic heterocycles. The van der Waals surface area contributed by atoms with Crippen LogP contribution in [-0.4, -0.2) is 25.8 Å². The van der Waals surface area contributed by atoms with E-state index in [2.05, 4.69) is 10.6 Å². The Morgan fingerprint density at radius 2 is 1.79 bits per heavy atom. The predicted octanol–water partition coefficient (Wildman–Crippen LogP) is 4.25. The first-order chi connectivity index (χ1) is 11.6. The molecule has 5 nitrogen and oxygen atoms in total. The van der Waals surface area contributed by atoms with E-state index in [1.165, 1.54) is 0 Å². The molecule has 2 aromatic rings. The number of aryl methyl sites for hydroxylation is 1. The maximum Gasteiger partial charge on any atom is 0.319 e. The van der Waals surface area contributed by atoms with Gasteiger partial charge in [-0.2, -0.15) is 0 Å². The largest absolute Gasteiger partial charge is 0.494 e. The highest BCUT2D eigenvalue weighted by Crippen LogP contribution is 2.21. The summed E-state index contributed by atoms with van der Waals surface area (Å²) in [6, 6.07) is 12.3. The van der Waals surface area contributed by atoms with E-state index in [1.54, 1.807) is 24.3 Å². The van der Waals surface area contributed by atoms with Gasteiger partial charge >= 0.3 is 6.03 Å². The third-order valence-electron chi connectivity index (χ3n) is 3.23. The second-order valence-corrected chi connectivity index (χ2v) is 5.53. The zero-order valence-corrected chi connectivity index (χ0v) is 14.5. The summed E-state index contributed by atoms with van der Waals surface area (Å²) in [5.41, 5.74) is 1.68. The van der Waals surface area contributed by atoms with E-state index in [1.807, 2.05) is 32.0 Å². The lowest BCUT2D eigenvalue weighted by Crippen LogP contribution is -2.32. The predicted molar refractivity (Wildman–Crippen MR) is 96.3 cm³/mol. The minimum absolute atomic E-state index is 0.276. The molecule has 2 amide bonds. The van der Waals surface area contributed by atoms with Crippen LogP contribution in [0.3, 0.4) is 0 Å². The Morgan fingerprint density at radius 3 is 2.46 bits per heavy atom. The van der Waals surface area contributed by atoms with Crippen LogP contribution in [0.1, 0.15) is 12.5 Å². The molecule has 128 valence electrons. The van der Waals surface area contributed by atoms with E-state index in [0.29, 0.717) is 30.5 Å². The average molecular weight is 349 g/mol. The van der Waals surface area contributed by atoms with Gasteiger partial charge < -0.3 is 20.1 Å². The third-order valence-corrected chi connectivity index (χ3v) is 3.48. The van der Waals surface area contributed by atoms with Crippen LogP contribution < -0.4 is 20.1 Å². The van der Waals surface area contributed by atoms with E-state index >= 15 is 0 Å². The lowest BCUT2D eigenvalue weighted by Gasteiger charge is -2.12. The zero-order valence-electron chi connectivity index (χ0n) is 13.8. The first-order valence-electron chi connectivity index (χ1n) is 7.75. The molecule has 6 heteroatoms. The van der Waals surface area contributed by atoms with Gasteiger partial charge in [-0.05, 0) is 61.9 Å². The number of halogens is 1. The summed E-state index contributed by atoms with van der Waals surface area (Å²) in [5, 5.41) is 6.21. The average Bonchev–Trinajstić information content (AvgIpc) is 2.56. The fraction of sp³-hybridized carbons (Fsp3) is 0.278. The van der Waals surface area contributed by atoms with Crippen molar-refractivity contribution in [1.82, 2.24) is 5.32 Å². The number of carbonyl (C=O) groups excluding carboxylic acids is 1. The van der Waals surface area contributed by atoms with Crippen molar-refractivity contribution in [3.05, 3.63) is 53.1 Å². The lowest BCUT2D eigenvalue weighted by molar-refractivity contribution is 0.247. The molecule has 0 saturated heterocycles. The molecule has 24 heavy (non-hydrogen) atoms. The van der Waals surface area contributed by atoms with E-state index in [9.17, 15) is 4.79 Å². The molecule has 0 spiro atoms. The molecule has 0 aliphatic carbocycles. The fourth-order valence-corrected chi connectivity index (χ4v) is 2.19. The van der Waals surface area contributed by atoms with Crippen LogP contribution in [0.2, 0.25) is 5.02 Å². The van der Waals surface area contributed by atoms with Crippen LogP contribution in [0.5, 0.6) is 11.5 Å². The molecule has 0 fully saturated rings. The third kappa shape index (κ3) is 5.66. The van der Waals surface area contributed by atoms with Crippen LogP contribution in [0.15, 0.2) is 42.5 Å². The van der Waals surface area contributed by atoms with Crippen LogP contribution in [0.25, 0.3) is 0 Å². The van der Waals surface area contributed by atoms with E-state index < -0.39 is 0 Å². The summed E-state index contributed by atoms with van der Waals surface area (Å²) in [5.74, 6) is 1.50. The number of ether oxygens (including phenoxy) is 2. The van der Waals surface area contributed by atoms with Gasteiger partial charge in [0.05, 0.1) is 13.2 Å². The van der Waals surface area contributed by atoms with Crippen molar-refractivity contribution in [3.8, 4) is 11.5 Å². The number of nitrogens with one attached hydrogen (secondary N) is 2. The van der Waals surface area contributed by atoms with E-state index in [4.69, 9.17) is 21.1 Å². The molecular formula is C18H21ClN2O3. The molecule has 0 bridgehead atoms. The minimum Gasteiger partial charge on any atom is -0.494 e. The summed E-state index contributed by atoms with van der Waals surface area (Å²) in [6.45, 7) is 5.23. The number of benzene rings is 2. The van der Waals surface area contributed by atoms with Crippen molar-refractivity contribution < 1.29 is 14.3 Å². The van der Waals surface area contributed by atoms with Crippen molar-refractivity contribution in [2.24, 2.45) is 0 Å².